The highest BCUT2D eigenvalue weighted by Gasteiger charge is 2.50. The number of anilines is 2. The normalized spacial score (nSPS) is 23.6. The third kappa shape index (κ3) is 3.11. The highest BCUT2D eigenvalue weighted by molar-refractivity contribution is 6.22. The standard InChI is InChI=1S/C22H19FN2O3/c1-13-4-2-7-18-19(13)22(28)25(21(18)27)17-6-3-5-14(12-17)20(26)24-16-10-8-15(23)9-11-16/h2-6,8-13,18-19H,7H2,1H3,(H,24,26)/t13-,18-,19+/m0/s1. The Morgan fingerprint density at radius 2 is 1.86 bits per heavy atom. The van der Waals surface area contributed by atoms with Crippen LogP contribution in [0.1, 0.15) is 23.7 Å². The molecule has 5 nitrogen and oxygen atoms in total. The third-order valence-electron chi connectivity index (χ3n) is 5.34. The van der Waals surface area contributed by atoms with Gasteiger partial charge in [-0.15, -0.1) is 0 Å². The molecule has 3 amide bonds. The zero-order valence-corrected chi connectivity index (χ0v) is 15.3. The second kappa shape index (κ2) is 7.03. The van der Waals surface area contributed by atoms with Crippen LogP contribution in [0.2, 0.25) is 0 Å². The van der Waals surface area contributed by atoms with Gasteiger partial charge >= 0.3 is 0 Å². The average molecular weight is 378 g/mol. The third-order valence-corrected chi connectivity index (χ3v) is 5.34. The number of amides is 3. The van der Waals surface area contributed by atoms with Gasteiger partial charge in [-0.3, -0.25) is 19.3 Å². The fraction of sp³-hybridized carbons (Fsp3) is 0.227. The first kappa shape index (κ1) is 18.1. The first-order valence-electron chi connectivity index (χ1n) is 9.17. The van der Waals surface area contributed by atoms with Gasteiger partial charge in [0.15, 0.2) is 0 Å². The second-order valence-electron chi connectivity index (χ2n) is 7.18. The van der Waals surface area contributed by atoms with Crippen molar-refractivity contribution >= 4 is 29.1 Å². The van der Waals surface area contributed by atoms with Crippen molar-refractivity contribution in [2.75, 3.05) is 10.2 Å². The van der Waals surface area contributed by atoms with Gasteiger partial charge in [0.25, 0.3) is 5.91 Å². The lowest BCUT2D eigenvalue weighted by atomic mass is 9.78. The molecule has 3 atom stereocenters. The van der Waals surface area contributed by atoms with Crippen LogP contribution in [-0.2, 0) is 9.59 Å². The van der Waals surface area contributed by atoms with E-state index in [1.165, 1.54) is 35.2 Å². The number of allylic oxidation sites excluding steroid dienone is 2. The van der Waals surface area contributed by atoms with Crippen molar-refractivity contribution in [2.45, 2.75) is 13.3 Å². The molecular weight excluding hydrogens is 359 g/mol. The molecule has 0 radical (unpaired) electrons. The van der Waals surface area contributed by atoms with Crippen LogP contribution >= 0.6 is 0 Å². The maximum Gasteiger partial charge on any atom is 0.255 e. The van der Waals surface area contributed by atoms with Crippen molar-refractivity contribution in [1.82, 2.24) is 0 Å². The summed E-state index contributed by atoms with van der Waals surface area (Å²) in [7, 11) is 0. The summed E-state index contributed by atoms with van der Waals surface area (Å²) >= 11 is 0. The molecule has 2 aliphatic rings. The predicted octanol–water partition coefficient (Wildman–Crippen LogP) is 3.78. The number of carbonyl (C=O) groups is 3. The molecule has 2 aromatic rings. The smallest absolute Gasteiger partial charge is 0.255 e. The quantitative estimate of drug-likeness (QED) is 0.653. The molecule has 0 spiro atoms. The Morgan fingerprint density at radius 3 is 2.57 bits per heavy atom. The van der Waals surface area contributed by atoms with Gasteiger partial charge in [-0.1, -0.05) is 25.1 Å². The largest absolute Gasteiger partial charge is 0.322 e. The van der Waals surface area contributed by atoms with E-state index in [1.807, 2.05) is 19.1 Å². The molecule has 1 fully saturated rings. The van der Waals surface area contributed by atoms with E-state index >= 15 is 0 Å². The summed E-state index contributed by atoms with van der Waals surface area (Å²) in [4.78, 5) is 39.5. The highest BCUT2D eigenvalue weighted by atomic mass is 19.1. The minimum Gasteiger partial charge on any atom is -0.322 e. The summed E-state index contributed by atoms with van der Waals surface area (Å²) < 4.78 is 13.0. The molecule has 142 valence electrons. The van der Waals surface area contributed by atoms with Crippen molar-refractivity contribution in [1.29, 1.82) is 0 Å². The number of imide groups is 1. The van der Waals surface area contributed by atoms with E-state index in [2.05, 4.69) is 5.32 Å². The van der Waals surface area contributed by atoms with Gasteiger partial charge in [0.05, 0.1) is 17.5 Å². The van der Waals surface area contributed by atoms with Gasteiger partial charge in [0, 0.05) is 11.3 Å². The fourth-order valence-electron chi connectivity index (χ4n) is 3.92. The molecule has 1 saturated heterocycles. The lowest BCUT2D eigenvalue weighted by Gasteiger charge is -2.22. The number of nitrogens with one attached hydrogen (secondary N) is 1. The Morgan fingerprint density at radius 1 is 1.11 bits per heavy atom. The monoisotopic (exact) mass is 378 g/mol. The van der Waals surface area contributed by atoms with Crippen LogP contribution in [-0.4, -0.2) is 17.7 Å². The Balaban J connectivity index is 1.58. The molecule has 6 heteroatoms. The Labute approximate surface area is 161 Å². The molecule has 4 rings (SSSR count). The van der Waals surface area contributed by atoms with Gasteiger partial charge in [-0.25, -0.2) is 4.39 Å². The maximum absolute atomic E-state index is 13.0. The Hall–Kier alpha value is -3.28. The summed E-state index contributed by atoms with van der Waals surface area (Å²) in [5.41, 5.74) is 1.16. The number of hydrogen-bond acceptors (Lipinski definition) is 3. The summed E-state index contributed by atoms with van der Waals surface area (Å²) in [6, 6.07) is 11.9. The fourth-order valence-corrected chi connectivity index (χ4v) is 3.92. The van der Waals surface area contributed by atoms with E-state index in [1.54, 1.807) is 18.2 Å². The molecular formula is C22H19FN2O3. The Kier molecular flexibility index (Phi) is 4.55. The van der Waals surface area contributed by atoms with Crippen LogP contribution in [0.25, 0.3) is 0 Å². The number of benzene rings is 2. The van der Waals surface area contributed by atoms with Gasteiger partial charge < -0.3 is 5.32 Å². The van der Waals surface area contributed by atoms with Crippen molar-refractivity contribution in [3.8, 4) is 0 Å². The Bertz CT molecular complexity index is 984. The zero-order valence-electron chi connectivity index (χ0n) is 15.3. The summed E-state index contributed by atoms with van der Waals surface area (Å²) in [5.74, 6) is -1.93. The zero-order chi connectivity index (χ0) is 19.8. The number of fused-ring (bicyclic) bond motifs is 1. The number of hydrogen-bond donors (Lipinski definition) is 1. The van der Waals surface area contributed by atoms with E-state index in [0.717, 1.165) is 0 Å². The van der Waals surface area contributed by atoms with Crippen LogP contribution < -0.4 is 10.2 Å². The number of rotatable bonds is 3. The molecule has 1 aliphatic heterocycles. The van der Waals surface area contributed by atoms with Crippen molar-refractivity contribution in [3.63, 3.8) is 0 Å². The van der Waals surface area contributed by atoms with Crippen LogP contribution in [0.15, 0.2) is 60.7 Å². The first-order valence-corrected chi connectivity index (χ1v) is 9.17. The predicted molar refractivity (Wildman–Crippen MR) is 103 cm³/mol. The molecule has 0 aromatic heterocycles. The summed E-state index contributed by atoms with van der Waals surface area (Å²) in [5, 5.41) is 2.68. The lowest BCUT2D eigenvalue weighted by Crippen LogP contribution is -2.31. The second-order valence-corrected chi connectivity index (χ2v) is 7.18. The van der Waals surface area contributed by atoms with Gasteiger partial charge in [-0.2, -0.15) is 0 Å². The van der Waals surface area contributed by atoms with Crippen molar-refractivity contribution < 1.29 is 18.8 Å². The summed E-state index contributed by atoms with van der Waals surface area (Å²) in [6.07, 6.45) is 4.48. The van der Waals surface area contributed by atoms with Crippen LogP contribution in [0.4, 0.5) is 15.8 Å². The molecule has 0 unspecified atom stereocenters. The summed E-state index contributed by atoms with van der Waals surface area (Å²) in [6.45, 7) is 1.94. The molecule has 1 aliphatic carbocycles. The van der Waals surface area contributed by atoms with Crippen molar-refractivity contribution in [3.05, 3.63) is 72.1 Å². The van der Waals surface area contributed by atoms with Gasteiger partial charge in [-0.05, 0) is 54.8 Å². The maximum atomic E-state index is 13.0. The number of halogens is 1. The number of carbonyl (C=O) groups excluding carboxylic acids is 3. The van der Waals surface area contributed by atoms with Crippen LogP contribution in [0, 0.1) is 23.6 Å². The van der Waals surface area contributed by atoms with E-state index < -0.39 is 11.7 Å². The lowest BCUT2D eigenvalue weighted by molar-refractivity contribution is -0.122. The van der Waals surface area contributed by atoms with E-state index in [9.17, 15) is 18.8 Å². The van der Waals surface area contributed by atoms with Gasteiger partial charge in [0.2, 0.25) is 11.8 Å². The molecule has 1 heterocycles. The molecule has 0 saturated carbocycles. The first-order chi connectivity index (χ1) is 13.5. The van der Waals surface area contributed by atoms with Gasteiger partial charge in [0.1, 0.15) is 5.82 Å². The van der Waals surface area contributed by atoms with E-state index in [4.69, 9.17) is 0 Å². The highest BCUT2D eigenvalue weighted by Crippen LogP contribution is 2.40. The van der Waals surface area contributed by atoms with Crippen LogP contribution in [0.3, 0.4) is 0 Å². The van der Waals surface area contributed by atoms with Crippen LogP contribution in [0.5, 0.6) is 0 Å². The molecule has 2 aromatic carbocycles. The molecule has 0 bridgehead atoms. The topological polar surface area (TPSA) is 66.5 Å². The van der Waals surface area contributed by atoms with E-state index in [-0.39, 0.29) is 29.6 Å². The molecule has 28 heavy (non-hydrogen) atoms. The minimum atomic E-state index is -0.403. The van der Waals surface area contributed by atoms with E-state index in [0.29, 0.717) is 23.4 Å². The van der Waals surface area contributed by atoms with Crippen molar-refractivity contribution in [2.24, 2.45) is 17.8 Å². The SMILES string of the molecule is C[C@H]1C=CC[C@@H]2C(=O)N(c3cccc(C(=O)Nc4ccc(F)cc4)c3)C(=O)[C@@H]21. The molecule has 1 N–H and O–H groups in total. The minimum absolute atomic E-state index is 0.00478. The number of nitrogens with zero attached hydrogens (tertiary/aromatic N) is 1. The average Bonchev–Trinajstić information content (AvgIpc) is 2.95.